The lowest BCUT2D eigenvalue weighted by atomic mass is 10.2. The Hall–Kier alpha value is -1.05. The van der Waals surface area contributed by atoms with Gasteiger partial charge < -0.3 is 0 Å². The Bertz CT molecular complexity index is 1020. The third kappa shape index (κ3) is 3.41. The number of thiazole rings is 1. The van der Waals surface area contributed by atoms with Gasteiger partial charge in [-0.25, -0.2) is 13.4 Å². The first-order valence-corrected chi connectivity index (χ1v) is 9.74. The Morgan fingerprint density at radius 1 is 1.04 bits per heavy atom. The zero-order valence-electron chi connectivity index (χ0n) is 11.6. The highest BCUT2D eigenvalue weighted by Gasteiger charge is 2.21. The Morgan fingerprint density at radius 2 is 1.74 bits per heavy atom. The van der Waals surface area contributed by atoms with Crippen molar-refractivity contribution in [3.63, 3.8) is 0 Å². The number of anilines is 1. The van der Waals surface area contributed by atoms with Gasteiger partial charge in [-0.3, -0.25) is 4.72 Å². The molecule has 1 N–H and O–H groups in total. The molecule has 0 fully saturated rings. The van der Waals surface area contributed by atoms with Crippen LogP contribution >= 0.6 is 46.1 Å². The van der Waals surface area contributed by atoms with E-state index in [2.05, 4.69) is 9.71 Å². The molecule has 120 valence electrons. The highest BCUT2D eigenvalue weighted by molar-refractivity contribution is 7.93. The maximum Gasteiger partial charge on any atom is 0.265 e. The average Bonchev–Trinajstić information content (AvgIpc) is 2.83. The number of hydrogen-bond donors (Lipinski definition) is 1. The van der Waals surface area contributed by atoms with Crippen molar-refractivity contribution in [2.24, 2.45) is 0 Å². The van der Waals surface area contributed by atoms with Crippen LogP contribution in [0.25, 0.3) is 10.2 Å². The van der Waals surface area contributed by atoms with E-state index in [1.54, 1.807) is 0 Å². The summed E-state index contributed by atoms with van der Waals surface area (Å²) < 4.78 is 28.3. The third-order valence-corrected chi connectivity index (χ3v) is 6.62. The van der Waals surface area contributed by atoms with Crippen molar-refractivity contribution in [3.05, 3.63) is 51.0 Å². The quantitative estimate of drug-likeness (QED) is 0.594. The van der Waals surface area contributed by atoms with Gasteiger partial charge in [0.05, 0.1) is 25.3 Å². The number of sulfonamides is 1. The summed E-state index contributed by atoms with van der Waals surface area (Å²) in [7, 11) is -3.92. The van der Waals surface area contributed by atoms with Crippen LogP contribution in [0.4, 0.5) is 5.13 Å². The molecule has 0 aliphatic heterocycles. The Labute approximate surface area is 152 Å². The molecule has 1 heterocycles. The Balaban J connectivity index is 2.01. The van der Waals surface area contributed by atoms with Gasteiger partial charge in [0.2, 0.25) is 0 Å². The number of aromatic nitrogens is 1. The minimum Gasteiger partial charge on any atom is -0.255 e. The fraction of sp³-hybridized carbons (Fsp3) is 0.0714. The normalized spacial score (nSPS) is 11.8. The van der Waals surface area contributed by atoms with Crippen molar-refractivity contribution in [1.29, 1.82) is 0 Å². The van der Waals surface area contributed by atoms with E-state index in [9.17, 15) is 8.42 Å². The minimum atomic E-state index is -3.92. The summed E-state index contributed by atoms with van der Waals surface area (Å²) in [6, 6.07) is 8.20. The van der Waals surface area contributed by atoms with Crippen LogP contribution in [0.2, 0.25) is 15.1 Å². The monoisotopic (exact) mass is 406 g/mol. The van der Waals surface area contributed by atoms with Crippen LogP contribution in [0, 0.1) is 6.92 Å². The lowest BCUT2D eigenvalue weighted by Crippen LogP contribution is -2.13. The van der Waals surface area contributed by atoms with E-state index < -0.39 is 10.0 Å². The van der Waals surface area contributed by atoms with Crippen molar-refractivity contribution in [2.75, 3.05) is 4.72 Å². The van der Waals surface area contributed by atoms with Crippen LogP contribution in [0.5, 0.6) is 0 Å². The second kappa shape index (κ2) is 6.11. The van der Waals surface area contributed by atoms with Gasteiger partial charge in [0, 0.05) is 0 Å². The van der Waals surface area contributed by atoms with E-state index >= 15 is 0 Å². The topological polar surface area (TPSA) is 59.1 Å². The smallest absolute Gasteiger partial charge is 0.255 e. The molecule has 0 saturated carbocycles. The molecule has 3 aromatic rings. The molecule has 0 spiro atoms. The highest BCUT2D eigenvalue weighted by Crippen LogP contribution is 2.34. The molecule has 0 aliphatic carbocycles. The minimum absolute atomic E-state index is 0.0103. The summed E-state index contributed by atoms with van der Waals surface area (Å²) in [5.41, 5.74) is 1.79. The van der Waals surface area contributed by atoms with E-state index in [-0.39, 0.29) is 25.1 Å². The number of nitrogens with zero attached hydrogens (tertiary/aromatic N) is 1. The molecule has 2 aromatic carbocycles. The van der Waals surface area contributed by atoms with E-state index in [1.165, 1.54) is 23.5 Å². The van der Waals surface area contributed by atoms with Crippen molar-refractivity contribution in [2.45, 2.75) is 11.8 Å². The van der Waals surface area contributed by atoms with Gasteiger partial charge in [0.1, 0.15) is 4.90 Å². The number of fused-ring (bicyclic) bond motifs is 1. The molecule has 0 radical (unpaired) electrons. The second-order valence-electron chi connectivity index (χ2n) is 4.79. The largest absolute Gasteiger partial charge is 0.265 e. The number of halogens is 3. The first-order valence-electron chi connectivity index (χ1n) is 6.31. The fourth-order valence-corrected chi connectivity index (χ4v) is 5.16. The van der Waals surface area contributed by atoms with E-state index in [4.69, 9.17) is 34.8 Å². The molecule has 0 atom stereocenters. The van der Waals surface area contributed by atoms with Gasteiger partial charge in [-0.2, -0.15) is 0 Å². The third-order valence-electron chi connectivity index (χ3n) is 3.03. The number of rotatable bonds is 3. The molecule has 0 aliphatic rings. The lowest BCUT2D eigenvalue weighted by molar-refractivity contribution is 0.601. The number of aryl methyl sites for hydroxylation is 1. The number of benzene rings is 2. The standard InChI is InChI=1S/C14H9Cl3N2O2S2/c1-7-2-3-11-12(4-7)22-14(18-11)19-23(20,21)13-6-9(16)8(15)5-10(13)17/h2-6H,1H3,(H,18,19). The average molecular weight is 408 g/mol. The molecule has 3 rings (SSSR count). The lowest BCUT2D eigenvalue weighted by Gasteiger charge is -2.08. The van der Waals surface area contributed by atoms with Crippen LogP contribution in [0.1, 0.15) is 5.56 Å². The van der Waals surface area contributed by atoms with Crippen LogP contribution in [-0.4, -0.2) is 13.4 Å². The van der Waals surface area contributed by atoms with Crippen molar-refractivity contribution in [1.82, 2.24) is 4.98 Å². The second-order valence-corrected chi connectivity index (χ2v) is 8.70. The molecule has 0 bridgehead atoms. The Kier molecular flexibility index (Phi) is 4.46. The summed E-state index contributed by atoms with van der Waals surface area (Å²) >= 11 is 18.9. The number of nitrogens with one attached hydrogen (secondary N) is 1. The van der Waals surface area contributed by atoms with Crippen molar-refractivity contribution in [3.8, 4) is 0 Å². The summed E-state index contributed by atoms with van der Waals surface area (Å²) in [6.45, 7) is 1.96. The van der Waals surface area contributed by atoms with E-state index in [0.29, 0.717) is 0 Å². The van der Waals surface area contributed by atoms with Crippen molar-refractivity contribution < 1.29 is 8.42 Å². The van der Waals surface area contributed by atoms with Gasteiger partial charge in [-0.15, -0.1) is 0 Å². The fourth-order valence-electron chi connectivity index (χ4n) is 1.96. The van der Waals surface area contributed by atoms with Gasteiger partial charge in [-0.05, 0) is 36.8 Å². The number of hydrogen-bond acceptors (Lipinski definition) is 4. The molecule has 1 aromatic heterocycles. The summed E-state index contributed by atoms with van der Waals surface area (Å²) in [5.74, 6) is 0. The SMILES string of the molecule is Cc1ccc2nc(NS(=O)(=O)c3cc(Cl)c(Cl)cc3Cl)sc2c1. The molecule has 23 heavy (non-hydrogen) atoms. The maximum absolute atomic E-state index is 12.5. The maximum atomic E-state index is 12.5. The van der Waals surface area contributed by atoms with Crippen LogP contribution in [0.3, 0.4) is 0 Å². The van der Waals surface area contributed by atoms with Crippen LogP contribution in [-0.2, 0) is 10.0 Å². The van der Waals surface area contributed by atoms with Crippen LogP contribution in [0.15, 0.2) is 35.2 Å². The summed E-state index contributed by atoms with van der Waals surface area (Å²) in [4.78, 5) is 4.11. The molecule has 0 unspecified atom stereocenters. The molecule has 0 amide bonds. The Morgan fingerprint density at radius 3 is 2.48 bits per heavy atom. The molecule has 9 heteroatoms. The predicted molar refractivity (Wildman–Crippen MR) is 96.6 cm³/mol. The van der Waals surface area contributed by atoms with E-state index in [0.717, 1.165) is 15.8 Å². The first kappa shape index (κ1) is 16.8. The van der Waals surface area contributed by atoms with Crippen LogP contribution < -0.4 is 4.72 Å². The van der Waals surface area contributed by atoms with Gasteiger partial charge in [0.15, 0.2) is 5.13 Å². The summed E-state index contributed by atoms with van der Waals surface area (Å²) in [5, 5.41) is 0.541. The van der Waals surface area contributed by atoms with Gasteiger partial charge in [-0.1, -0.05) is 52.2 Å². The summed E-state index contributed by atoms with van der Waals surface area (Å²) in [6.07, 6.45) is 0. The van der Waals surface area contributed by atoms with Gasteiger partial charge >= 0.3 is 0 Å². The zero-order chi connectivity index (χ0) is 16.8. The molecule has 0 saturated heterocycles. The van der Waals surface area contributed by atoms with Gasteiger partial charge in [0.25, 0.3) is 10.0 Å². The van der Waals surface area contributed by atoms with Crippen molar-refractivity contribution >= 4 is 71.5 Å². The van der Waals surface area contributed by atoms with E-state index in [1.807, 2.05) is 25.1 Å². The highest BCUT2D eigenvalue weighted by atomic mass is 35.5. The zero-order valence-corrected chi connectivity index (χ0v) is 15.5. The molecular weight excluding hydrogens is 399 g/mol. The molecule has 4 nitrogen and oxygen atoms in total. The molecular formula is C14H9Cl3N2O2S2. The first-order chi connectivity index (χ1) is 10.8. The predicted octanol–water partition coefficient (Wildman–Crippen LogP) is 5.37.